The van der Waals surface area contributed by atoms with Crippen LogP contribution in [0.3, 0.4) is 0 Å². The van der Waals surface area contributed by atoms with Gasteiger partial charge in [0.1, 0.15) is 5.82 Å². The summed E-state index contributed by atoms with van der Waals surface area (Å²) in [5.41, 5.74) is 8.48. The lowest BCUT2D eigenvalue weighted by molar-refractivity contribution is -0.105. The molecule has 5 rings (SSSR count). The lowest BCUT2D eigenvalue weighted by Gasteiger charge is -2.35. The number of hydrogen-bond acceptors (Lipinski definition) is 6. The third kappa shape index (κ3) is 7.66. The number of pyridine rings is 1. The standard InChI is InChI=1S/C18H21N5O.C15H13N/c19-11-15-2-1-3-16(10-15)13-22-6-8-23(9-7-22)18-5-4-17(12-20-18)21-14-24;1-11-3-4-12(2)15(9-11)14-7-5-13(10-16)6-8-14/h3-5,10,12,14H,1-2,6-9,13H2,(H,21,24);3-9H,1-2H3. The number of anilines is 2. The van der Waals surface area contributed by atoms with Crippen LogP contribution in [0.15, 0.2) is 84.1 Å². The highest BCUT2D eigenvalue weighted by molar-refractivity contribution is 5.71. The van der Waals surface area contributed by atoms with Crippen molar-refractivity contribution in [2.75, 3.05) is 42.9 Å². The molecular weight excluding hydrogens is 496 g/mol. The monoisotopic (exact) mass is 530 g/mol. The van der Waals surface area contributed by atoms with Crippen molar-refractivity contribution in [1.29, 1.82) is 10.5 Å². The number of rotatable bonds is 6. The van der Waals surface area contributed by atoms with Gasteiger partial charge in [0.05, 0.1) is 29.6 Å². The van der Waals surface area contributed by atoms with Crippen LogP contribution in [-0.2, 0) is 4.79 Å². The van der Waals surface area contributed by atoms with Crippen LogP contribution in [0.25, 0.3) is 11.1 Å². The fraction of sp³-hybridized carbons (Fsp3) is 0.273. The van der Waals surface area contributed by atoms with Gasteiger partial charge < -0.3 is 10.2 Å². The van der Waals surface area contributed by atoms with E-state index >= 15 is 0 Å². The predicted octanol–water partition coefficient (Wildman–Crippen LogP) is 5.78. The maximum atomic E-state index is 10.4. The second-order valence-corrected chi connectivity index (χ2v) is 10.0. The first-order valence-corrected chi connectivity index (χ1v) is 13.5. The second kappa shape index (κ2) is 13.9. The third-order valence-electron chi connectivity index (χ3n) is 7.12. The molecule has 1 aliphatic heterocycles. The molecular formula is C33H34N6O. The van der Waals surface area contributed by atoms with Crippen molar-refractivity contribution >= 4 is 17.9 Å². The first-order valence-electron chi connectivity index (χ1n) is 13.5. The summed E-state index contributed by atoms with van der Waals surface area (Å²) in [6.07, 6.45) is 8.46. The molecule has 1 fully saturated rings. The number of carbonyl (C=O) groups is 1. The molecule has 1 amide bonds. The van der Waals surface area contributed by atoms with E-state index in [2.05, 4.69) is 70.4 Å². The zero-order valence-corrected chi connectivity index (χ0v) is 23.1. The van der Waals surface area contributed by atoms with Crippen molar-refractivity contribution in [3.05, 3.63) is 101 Å². The number of amides is 1. The first-order chi connectivity index (χ1) is 19.5. The van der Waals surface area contributed by atoms with Crippen molar-refractivity contribution in [3.63, 3.8) is 0 Å². The summed E-state index contributed by atoms with van der Waals surface area (Å²) in [7, 11) is 0. The molecule has 0 radical (unpaired) electrons. The van der Waals surface area contributed by atoms with Crippen LogP contribution < -0.4 is 10.2 Å². The molecule has 2 aliphatic rings. The summed E-state index contributed by atoms with van der Waals surface area (Å²) in [6.45, 7) is 8.91. The fourth-order valence-electron chi connectivity index (χ4n) is 4.86. The Balaban J connectivity index is 0.000000201. The highest BCUT2D eigenvalue weighted by Gasteiger charge is 2.19. The molecule has 1 aliphatic carbocycles. The number of nitrogens with one attached hydrogen (secondary N) is 1. The Hall–Kier alpha value is -4.72. The predicted molar refractivity (Wildman–Crippen MR) is 160 cm³/mol. The molecule has 2 heterocycles. The molecule has 0 bridgehead atoms. The number of nitriles is 2. The van der Waals surface area contributed by atoms with Gasteiger partial charge in [-0.1, -0.05) is 42.0 Å². The molecule has 3 aromatic rings. The Bertz CT molecular complexity index is 1450. The number of piperazine rings is 1. The number of nitrogens with zero attached hydrogens (tertiary/aromatic N) is 5. The van der Waals surface area contributed by atoms with E-state index in [1.807, 2.05) is 42.5 Å². The Morgan fingerprint density at radius 1 is 0.975 bits per heavy atom. The minimum atomic E-state index is 0.654. The number of hydrogen-bond donors (Lipinski definition) is 1. The van der Waals surface area contributed by atoms with E-state index in [9.17, 15) is 4.79 Å². The minimum Gasteiger partial charge on any atom is -0.354 e. The van der Waals surface area contributed by atoms with Crippen molar-refractivity contribution in [3.8, 4) is 23.3 Å². The normalized spacial score (nSPS) is 14.9. The lowest BCUT2D eigenvalue weighted by Crippen LogP contribution is -2.47. The SMILES string of the molecule is Cc1ccc(C)c(-c2ccc(C#N)cc2)c1.N#CC1=CC(CN2CCN(c3ccc(NC=O)cn3)CC2)=CCC1. The van der Waals surface area contributed by atoms with Gasteiger partial charge in [-0.3, -0.25) is 9.69 Å². The molecule has 0 spiro atoms. The summed E-state index contributed by atoms with van der Waals surface area (Å²) >= 11 is 0. The molecule has 1 saturated heterocycles. The summed E-state index contributed by atoms with van der Waals surface area (Å²) in [5, 5.41) is 20.4. The quantitative estimate of drug-likeness (QED) is 0.406. The highest BCUT2D eigenvalue weighted by Crippen LogP contribution is 2.25. The van der Waals surface area contributed by atoms with Gasteiger partial charge in [-0.15, -0.1) is 0 Å². The van der Waals surface area contributed by atoms with Crippen LogP contribution in [0, 0.1) is 36.5 Å². The number of allylic oxidation sites excluding steroid dienone is 2. The molecule has 7 nitrogen and oxygen atoms in total. The van der Waals surface area contributed by atoms with Gasteiger partial charge >= 0.3 is 0 Å². The molecule has 2 aromatic carbocycles. The van der Waals surface area contributed by atoms with E-state index in [1.54, 1.807) is 6.20 Å². The minimum absolute atomic E-state index is 0.654. The maximum Gasteiger partial charge on any atom is 0.211 e. The van der Waals surface area contributed by atoms with Crippen LogP contribution in [0.1, 0.15) is 29.5 Å². The van der Waals surface area contributed by atoms with E-state index < -0.39 is 0 Å². The van der Waals surface area contributed by atoms with Crippen molar-refractivity contribution in [2.24, 2.45) is 0 Å². The highest BCUT2D eigenvalue weighted by atomic mass is 16.1. The second-order valence-electron chi connectivity index (χ2n) is 10.0. The van der Waals surface area contributed by atoms with Crippen molar-refractivity contribution < 1.29 is 4.79 Å². The zero-order chi connectivity index (χ0) is 28.3. The van der Waals surface area contributed by atoms with Crippen LogP contribution in [0.2, 0.25) is 0 Å². The van der Waals surface area contributed by atoms with Crippen molar-refractivity contribution in [2.45, 2.75) is 26.7 Å². The molecule has 0 unspecified atom stereocenters. The smallest absolute Gasteiger partial charge is 0.211 e. The van der Waals surface area contributed by atoms with E-state index in [0.29, 0.717) is 17.7 Å². The van der Waals surface area contributed by atoms with Gasteiger partial charge in [-0.2, -0.15) is 10.5 Å². The van der Waals surface area contributed by atoms with Gasteiger partial charge in [0.2, 0.25) is 6.41 Å². The van der Waals surface area contributed by atoms with Crippen LogP contribution >= 0.6 is 0 Å². The van der Waals surface area contributed by atoms with Crippen molar-refractivity contribution in [1.82, 2.24) is 9.88 Å². The molecule has 1 aromatic heterocycles. The average Bonchev–Trinajstić information content (AvgIpc) is 3.00. The number of aryl methyl sites for hydroxylation is 2. The van der Waals surface area contributed by atoms with E-state index in [1.165, 1.54) is 27.8 Å². The van der Waals surface area contributed by atoms with E-state index in [0.717, 1.165) is 57.0 Å². The van der Waals surface area contributed by atoms with E-state index in [-0.39, 0.29) is 0 Å². The van der Waals surface area contributed by atoms with E-state index in [4.69, 9.17) is 10.5 Å². The molecule has 202 valence electrons. The fourth-order valence-corrected chi connectivity index (χ4v) is 4.86. The molecule has 0 saturated carbocycles. The summed E-state index contributed by atoms with van der Waals surface area (Å²) in [5.74, 6) is 0.939. The van der Waals surface area contributed by atoms with Gasteiger partial charge in [0, 0.05) is 38.3 Å². The Morgan fingerprint density at radius 3 is 2.40 bits per heavy atom. The van der Waals surface area contributed by atoms with Crippen LogP contribution in [0.4, 0.5) is 11.5 Å². The van der Waals surface area contributed by atoms with Gasteiger partial charge in [0.15, 0.2) is 0 Å². The van der Waals surface area contributed by atoms with Gasteiger partial charge in [-0.05, 0) is 79.3 Å². The Labute approximate surface area is 236 Å². The molecule has 40 heavy (non-hydrogen) atoms. The van der Waals surface area contributed by atoms with Crippen LogP contribution in [-0.4, -0.2) is 49.0 Å². The topological polar surface area (TPSA) is 96.0 Å². The molecule has 1 N–H and O–H groups in total. The summed E-state index contributed by atoms with van der Waals surface area (Å²) < 4.78 is 0. The number of benzene rings is 2. The summed E-state index contributed by atoms with van der Waals surface area (Å²) in [4.78, 5) is 19.5. The number of aromatic nitrogens is 1. The van der Waals surface area contributed by atoms with Crippen LogP contribution in [0.5, 0.6) is 0 Å². The Morgan fingerprint density at radius 2 is 1.75 bits per heavy atom. The average molecular weight is 531 g/mol. The summed E-state index contributed by atoms with van der Waals surface area (Å²) in [6, 6.07) is 22.3. The first kappa shape index (κ1) is 28.3. The Kier molecular flexibility index (Phi) is 9.83. The zero-order valence-electron chi connectivity index (χ0n) is 23.1. The lowest BCUT2D eigenvalue weighted by atomic mass is 9.98. The molecule has 7 heteroatoms. The number of carbonyl (C=O) groups excluding carboxylic acids is 1. The largest absolute Gasteiger partial charge is 0.354 e. The van der Waals surface area contributed by atoms with Gasteiger partial charge in [-0.25, -0.2) is 4.98 Å². The van der Waals surface area contributed by atoms with Gasteiger partial charge in [0.25, 0.3) is 0 Å². The third-order valence-corrected chi connectivity index (χ3v) is 7.12. The molecule has 0 atom stereocenters. The maximum absolute atomic E-state index is 10.4.